The SMILES string of the molecule is CN(CCO)c1c(F)cc([N+](=O)[O-])cc1F. The van der Waals surface area contributed by atoms with Crippen LogP contribution in [-0.2, 0) is 0 Å². The molecule has 0 saturated heterocycles. The molecule has 0 fully saturated rings. The number of hydrogen-bond acceptors (Lipinski definition) is 4. The number of nitro benzene ring substituents is 1. The van der Waals surface area contributed by atoms with Crippen molar-refractivity contribution in [2.24, 2.45) is 0 Å². The Kier molecular flexibility index (Phi) is 3.73. The summed E-state index contributed by atoms with van der Waals surface area (Å²) in [6.07, 6.45) is 0. The molecule has 0 spiro atoms. The molecule has 1 N–H and O–H groups in total. The maximum absolute atomic E-state index is 13.4. The highest BCUT2D eigenvalue weighted by atomic mass is 19.1. The van der Waals surface area contributed by atoms with Gasteiger partial charge in [0.15, 0.2) is 11.6 Å². The molecule has 0 bridgehead atoms. The number of aliphatic hydroxyl groups is 1. The minimum atomic E-state index is -1.03. The summed E-state index contributed by atoms with van der Waals surface area (Å²) >= 11 is 0. The largest absolute Gasteiger partial charge is 0.395 e. The standard InChI is InChI=1S/C9H10F2N2O3/c1-12(2-3-14)9-7(10)4-6(13(15)16)5-8(9)11/h4-5,14H,2-3H2,1H3. The zero-order valence-electron chi connectivity index (χ0n) is 8.48. The fraction of sp³-hybridized carbons (Fsp3) is 0.333. The van der Waals surface area contributed by atoms with Crippen LogP contribution in [0.1, 0.15) is 0 Å². The molecule has 0 aromatic heterocycles. The van der Waals surface area contributed by atoms with Crippen LogP contribution in [0.2, 0.25) is 0 Å². The predicted molar refractivity (Wildman–Crippen MR) is 53.4 cm³/mol. The number of hydrogen-bond donors (Lipinski definition) is 1. The van der Waals surface area contributed by atoms with Crippen molar-refractivity contribution in [2.75, 3.05) is 25.1 Å². The van der Waals surface area contributed by atoms with Crippen molar-refractivity contribution >= 4 is 11.4 Å². The second-order valence-corrected chi connectivity index (χ2v) is 3.16. The molecule has 0 amide bonds. The zero-order chi connectivity index (χ0) is 12.3. The van der Waals surface area contributed by atoms with Gasteiger partial charge in [-0.3, -0.25) is 10.1 Å². The fourth-order valence-electron chi connectivity index (χ4n) is 1.28. The molecule has 1 rings (SSSR count). The van der Waals surface area contributed by atoms with Crippen molar-refractivity contribution in [2.45, 2.75) is 0 Å². The van der Waals surface area contributed by atoms with E-state index in [0.29, 0.717) is 12.1 Å². The second kappa shape index (κ2) is 4.84. The Hall–Kier alpha value is -1.76. The second-order valence-electron chi connectivity index (χ2n) is 3.16. The minimum Gasteiger partial charge on any atom is -0.395 e. The topological polar surface area (TPSA) is 66.6 Å². The Labute approximate surface area is 90.1 Å². The molecular weight excluding hydrogens is 222 g/mol. The number of likely N-dealkylation sites (N-methyl/N-ethyl adjacent to an activating group) is 1. The summed E-state index contributed by atoms with van der Waals surface area (Å²) < 4.78 is 26.8. The Morgan fingerprint density at radius 1 is 1.44 bits per heavy atom. The molecule has 0 saturated carbocycles. The van der Waals surface area contributed by atoms with E-state index >= 15 is 0 Å². The lowest BCUT2D eigenvalue weighted by atomic mass is 10.2. The highest BCUT2D eigenvalue weighted by Crippen LogP contribution is 2.27. The molecule has 0 heterocycles. The van der Waals surface area contributed by atoms with Crippen molar-refractivity contribution in [1.29, 1.82) is 0 Å². The van der Waals surface area contributed by atoms with Gasteiger partial charge in [-0.25, -0.2) is 8.78 Å². The number of nitro groups is 1. The van der Waals surface area contributed by atoms with Crippen LogP contribution in [-0.4, -0.2) is 30.2 Å². The van der Waals surface area contributed by atoms with E-state index in [4.69, 9.17) is 5.11 Å². The number of anilines is 1. The Balaban J connectivity index is 3.17. The molecule has 0 radical (unpaired) electrons. The van der Waals surface area contributed by atoms with E-state index in [1.165, 1.54) is 7.05 Å². The third-order valence-corrected chi connectivity index (χ3v) is 2.03. The van der Waals surface area contributed by atoms with Crippen LogP contribution < -0.4 is 4.90 Å². The average molecular weight is 232 g/mol. The first-order chi connectivity index (χ1) is 7.47. The summed E-state index contributed by atoms with van der Waals surface area (Å²) in [6.45, 7) is -0.238. The first-order valence-electron chi connectivity index (χ1n) is 4.42. The predicted octanol–water partition coefficient (Wildman–Crippen LogP) is 1.30. The van der Waals surface area contributed by atoms with Crippen LogP contribution in [0.5, 0.6) is 0 Å². The van der Waals surface area contributed by atoms with Crippen LogP contribution in [0.3, 0.4) is 0 Å². The van der Waals surface area contributed by atoms with Gasteiger partial charge in [0.05, 0.1) is 23.7 Å². The molecule has 0 unspecified atom stereocenters. The van der Waals surface area contributed by atoms with Crippen molar-refractivity contribution in [3.05, 3.63) is 33.9 Å². The van der Waals surface area contributed by atoms with Gasteiger partial charge in [0.25, 0.3) is 5.69 Å². The maximum Gasteiger partial charge on any atom is 0.275 e. The van der Waals surface area contributed by atoms with Gasteiger partial charge in [0.1, 0.15) is 5.69 Å². The van der Waals surface area contributed by atoms with Gasteiger partial charge in [-0.05, 0) is 0 Å². The normalized spacial score (nSPS) is 10.2. The number of nitrogens with zero attached hydrogens (tertiary/aromatic N) is 2. The third kappa shape index (κ3) is 2.43. The number of aliphatic hydroxyl groups excluding tert-OH is 1. The Bertz CT molecular complexity index is 389. The average Bonchev–Trinajstić information content (AvgIpc) is 2.16. The molecule has 1 aromatic rings. The van der Waals surface area contributed by atoms with Gasteiger partial charge < -0.3 is 10.0 Å². The first-order valence-corrected chi connectivity index (χ1v) is 4.42. The van der Waals surface area contributed by atoms with Crippen LogP contribution in [0.15, 0.2) is 12.1 Å². The molecule has 16 heavy (non-hydrogen) atoms. The maximum atomic E-state index is 13.4. The van der Waals surface area contributed by atoms with E-state index in [2.05, 4.69) is 0 Å². The van der Waals surface area contributed by atoms with E-state index in [0.717, 1.165) is 4.90 Å². The summed E-state index contributed by atoms with van der Waals surface area (Å²) in [4.78, 5) is 10.6. The molecule has 0 aliphatic carbocycles. The highest BCUT2D eigenvalue weighted by Gasteiger charge is 2.19. The quantitative estimate of drug-likeness (QED) is 0.627. The molecule has 0 aliphatic heterocycles. The lowest BCUT2D eigenvalue weighted by molar-refractivity contribution is -0.385. The van der Waals surface area contributed by atoms with Crippen LogP contribution in [0.4, 0.5) is 20.2 Å². The van der Waals surface area contributed by atoms with Crippen molar-refractivity contribution in [3.8, 4) is 0 Å². The number of halogens is 2. The molecule has 88 valence electrons. The van der Waals surface area contributed by atoms with E-state index in [9.17, 15) is 18.9 Å². The first kappa shape index (κ1) is 12.3. The summed E-state index contributed by atoms with van der Waals surface area (Å²) in [5.41, 5.74) is -1.03. The monoisotopic (exact) mass is 232 g/mol. The number of non-ortho nitro benzene ring substituents is 1. The molecule has 1 aromatic carbocycles. The van der Waals surface area contributed by atoms with Crippen molar-refractivity contribution < 1.29 is 18.8 Å². The summed E-state index contributed by atoms with van der Waals surface area (Å²) in [7, 11) is 1.38. The van der Waals surface area contributed by atoms with Crippen LogP contribution >= 0.6 is 0 Å². The molecule has 5 nitrogen and oxygen atoms in total. The molecule has 7 heteroatoms. The fourth-order valence-corrected chi connectivity index (χ4v) is 1.28. The van der Waals surface area contributed by atoms with Gasteiger partial charge in [0.2, 0.25) is 0 Å². The summed E-state index contributed by atoms with van der Waals surface area (Å²) in [5, 5.41) is 19.0. The number of benzene rings is 1. The van der Waals surface area contributed by atoms with Gasteiger partial charge >= 0.3 is 0 Å². The van der Waals surface area contributed by atoms with Crippen molar-refractivity contribution in [3.63, 3.8) is 0 Å². The van der Waals surface area contributed by atoms with E-state index < -0.39 is 22.2 Å². The van der Waals surface area contributed by atoms with Gasteiger partial charge in [0, 0.05) is 13.6 Å². The number of rotatable bonds is 4. The smallest absolute Gasteiger partial charge is 0.275 e. The zero-order valence-corrected chi connectivity index (χ0v) is 8.48. The van der Waals surface area contributed by atoms with Crippen LogP contribution in [0, 0.1) is 21.7 Å². The van der Waals surface area contributed by atoms with Gasteiger partial charge in [-0.1, -0.05) is 0 Å². The molecule has 0 atom stereocenters. The third-order valence-electron chi connectivity index (χ3n) is 2.03. The summed E-state index contributed by atoms with van der Waals surface area (Å²) in [6, 6.07) is 1.29. The molecule has 0 aliphatic rings. The lowest BCUT2D eigenvalue weighted by Gasteiger charge is -2.18. The summed E-state index contributed by atoms with van der Waals surface area (Å²) in [5.74, 6) is -2.05. The van der Waals surface area contributed by atoms with Crippen LogP contribution in [0.25, 0.3) is 0 Å². The molecular formula is C9H10F2N2O3. The van der Waals surface area contributed by atoms with E-state index in [1.807, 2.05) is 0 Å². The highest BCUT2D eigenvalue weighted by molar-refractivity contribution is 5.53. The van der Waals surface area contributed by atoms with Crippen molar-refractivity contribution in [1.82, 2.24) is 0 Å². The Morgan fingerprint density at radius 2 is 1.94 bits per heavy atom. The Morgan fingerprint density at radius 3 is 2.31 bits per heavy atom. The minimum absolute atomic E-state index is 0.0334. The van der Waals surface area contributed by atoms with E-state index in [-0.39, 0.29) is 18.8 Å². The van der Waals surface area contributed by atoms with E-state index in [1.54, 1.807) is 0 Å². The van der Waals surface area contributed by atoms with Gasteiger partial charge in [-0.2, -0.15) is 0 Å². The lowest BCUT2D eigenvalue weighted by Crippen LogP contribution is -2.23. The van der Waals surface area contributed by atoms with Gasteiger partial charge in [-0.15, -0.1) is 0 Å².